The molecular weight excluding hydrogens is 140 g/mol. The molecule has 1 aromatic rings. The van der Waals surface area contributed by atoms with Crippen molar-refractivity contribution in [3.63, 3.8) is 0 Å². The Morgan fingerprint density at radius 3 is 3.09 bits per heavy atom. The summed E-state index contributed by atoms with van der Waals surface area (Å²) in [6.45, 7) is 0.594. The monoisotopic (exact) mass is 148 g/mol. The maximum atomic E-state index is 9.33. The van der Waals surface area contributed by atoms with Crippen molar-refractivity contribution in [3.8, 4) is 11.5 Å². The molecule has 2 nitrogen and oxygen atoms in total. The lowest BCUT2D eigenvalue weighted by atomic mass is 10.1. The fourth-order valence-electron chi connectivity index (χ4n) is 1.13. The second-order valence-electron chi connectivity index (χ2n) is 2.40. The standard InChI is InChI=1S/C9H8O2/c10-8-4-1-5-9-7(8)3-2-6-11-9/h1-5,10H,6H2. The zero-order valence-corrected chi connectivity index (χ0v) is 5.95. The molecule has 1 aliphatic heterocycles. The van der Waals surface area contributed by atoms with Crippen molar-refractivity contribution in [2.45, 2.75) is 0 Å². The number of aromatic hydroxyl groups is 1. The highest BCUT2D eigenvalue weighted by molar-refractivity contribution is 5.65. The number of benzene rings is 1. The summed E-state index contributed by atoms with van der Waals surface area (Å²) in [6, 6.07) is 5.27. The number of rotatable bonds is 0. The normalized spacial score (nSPS) is 13.8. The van der Waals surface area contributed by atoms with Crippen LogP contribution in [0.1, 0.15) is 5.56 Å². The van der Waals surface area contributed by atoms with Crippen molar-refractivity contribution in [1.82, 2.24) is 0 Å². The fraction of sp³-hybridized carbons (Fsp3) is 0.111. The summed E-state index contributed by atoms with van der Waals surface area (Å²) in [5.74, 6) is 1.03. The highest BCUT2D eigenvalue weighted by Crippen LogP contribution is 2.30. The number of phenolic OH excluding ortho intramolecular Hbond substituents is 1. The Hall–Kier alpha value is -1.44. The second kappa shape index (κ2) is 2.31. The van der Waals surface area contributed by atoms with Crippen LogP contribution in [-0.2, 0) is 0 Å². The minimum absolute atomic E-state index is 0.276. The Morgan fingerprint density at radius 2 is 2.27 bits per heavy atom. The van der Waals surface area contributed by atoms with E-state index in [1.165, 1.54) is 0 Å². The SMILES string of the molecule is Oc1cccc2c1C=CCO2. The van der Waals surface area contributed by atoms with Crippen LogP contribution in [0.2, 0.25) is 0 Å². The molecule has 1 heterocycles. The lowest BCUT2D eigenvalue weighted by molar-refractivity contribution is 0.354. The maximum Gasteiger partial charge on any atom is 0.130 e. The van der Waals surface area contributed by atoms with E-state index in [2.05, 4.69) is 0 Å². The molecule has 0 fully saturated rings. The Bertz CT molecular complexity index is 302. The van der Waals surface area contributed by atoms with Gasteiger partial charge in [-0.15, -0.1) is 0 Å². The summed E-state index contributed by atoms with van der Waals surface area (Å²) in [5.41, 5.74) is 0.777. The average molecular weight is 148 g/mol. The summed E-state index contributed by atoms with van der Waals surface area (Å²) in [6.07, 6.45) is 3.75. The minimum atomic E-state index is 0.276. The van der Waals surface area contributed by atoms with Gasteiger partial charge in [0.25, 0.3) is 0 Å². The lowest BCUT2D eigenvalue weighted by Crippen LogP contribution is -1.99. The van der Waals surface area contributed by atoms with E-state index in [0.29, 0.717) is 6.61 Å². The van der Waals surface area contributed by atoms with E-state index in [9.17, 15) is 5.11 Å². The van der Waals surface area contributed by atoms with Crippen LogP contribution in [0.15, 0.2) is 24.3 Å². The number of hydrogen-bond donors (Lipinski definition) is 1. The summed E-state index contributed by atoms with van der Waals surface area (Å²) in [4.78, 5) is 0. The van der Waals surface area contributed by atoms with E-state index in [1.54, 1.807) is 12.1 Å². The molecule has 1 aromatic carbocycles. The molecule has 11 heavy (non-hydrogen) atoms. The van der Waals surface area contributed by atoms with Gasteiger partial charge in [-0.25, -0.2) is 0 Å². The van der Waals surface area contributed by atoms with Crippen LogP contribution in [0, 0.1) is 0 Å². The minimum Gasteiger partial charge on any atom is -0.507 e. The van der Waals surface area contributed by atoms with Gasteiger partial charge >= 0.3 is 0 Å². The van der Waals surface area contributed by atoms with Crippen LogP contribution in [0.5, 0.6) is 11.5 Å². The summed E-state index contributed by atoms with van der Waals surface area (Å²) >= 11 is 0. The maximum absolute atomic E-state index is 9.33. The number of ether oxygens (including phenoxy) is 1. The van der Waals surface area contributed by atoms with Gasteiger partial charge in [-0.1, -0.05) is 6.07 Å². The topological polar surface area (TPSA) is 29.5 Å². The van der Waals surface area contributed by atoms with Gasteiger partial charge in [-0.3, -0.25) is 0 Å². The molecule has 0 atom stereocenters. The second-order valence-corrected chi connectivity index (χ2v) is 2.40. The van der Waals surface area contributed by atoms with Crippen LogP contribution in [0.25, 0.3) is 6.08 Å². The van der Waals surface area contributed by atoms with Crippen LogP contribution in [0.3, 0.4) is 0 Å². The fourth-order valence-corrected chi connectivity index (χ4v) is 1.13. The van der Waals surface area contributed by atoms with Crippen LogP contribution >= 0.6 is 0 Å². The van der Waals surface area contributed by atoms with Crippen molar-refractivity contribution in [2.24, 2.45) is 0 Å². The third-order valence-corrected chi connectivity index (χ3v) is 1.66. The Kier molecular flexibility index (Phi) is 1.32. The average Bonchev–Trinajstić information content (AvgIpc) is 2.06. The van der Waals surface area contributed by atoms with Gasteiger partial charge in [0.1, 0.15) is 18.1 Å². The lowest BCUT2D eigenvalue weighted by Gasteiger charge is -2.12. The molecule has 0 saturated heterocycles. The molecule has 0 saturated carbocycles. The van der Waals surface area contributed by atoms with Gasteiger partial charge in [-0.2, -0.15) is 0 Å². The molecule has 0 unspecified atom stereocenters. The highest BCUT2D eigenvalue weighted by atomic mass is 16.5. The summed E-state index contributed by atoms with van der Waals surface area (Å²) in [7, 11) is 0. The molecule has 1 aliphatic rings. The van der Waals surface area contributed by atoms with Gasteiger partial charge in [0.05, 0.1) is 5.56 Å². The van der Waals surface area contributed by atoms with Gasteiger partial charge in [0.2, 0.25) is 0 Å². The first-order valence-corrected chi connectivity index (χ1v) is 3.49. The van der Waals surface area contributed by atoms with Crippen LogP contribution in [-0.4, -0.2) is 11.7 Å². The predicted molar refractivity (Wildman–Crippen MR) is 42.6 cm³/mol. The molecule has 2 rings (SSSR count). The first-order chi connectivity index (χ1) is 5.38. The third kappa shape index (κ3) is 0.963. The Balaban J connectivity index is 2.60. The summed E-state index contributed by atoms with van der Waals surface area (Å²) < 4.78 is 5.26. The smallest absolute Gasteiger partial charge is 0.130 e. The van der Waals surface area contributed by atoms with Crippen LogP contribution < -0.4 is 4.74 Å². The molecular formula is C9H8O2. The predicted octanol–water partition coefficient (Wildman–Crippen LogP) is 1.80. The molecule has 0 bridgehead atoms. The van der Waals surface area contributed by atoms with Gasteiger partial charge in [-0.05, 0) is 24.3 Å². The first kappa shape index (κ1) is 6.28. The van der Waals surface area contributed by atoms with E-state index < -0.39 is 0 Å². The zero-order valence-electron chi connectivity index (χ0n) is 5.95. The number of hydrogen-bond acceptors (Lipinski definition) is 2. The largest absolute Gasteiger partial charge is 0.507 e. The molecule has 0 aromatic heterocycles. The van der Waals surface area contributed by atoms with E-state index in [0.717, 1.165) is 11.3 Å². The summed E-state index contributed by atoms with van der Waals surface area (Å²) in [5, 5.41) is 9.33. The van der Waals surface area contributed by atoms with Gasteiger partial charge < -0.3 is 9.84 Å². The van der Waals surface area contributed by atoms with Crippen molar-refractivity contribution in [1.29, 1.82) is 0 Å². The van der Waals surface area contributed by atoms with E-state index >= 15 is 0 Å². The molecule has 1 N–H and O–H groups in total. The van der Waals surface area contributed by atoms with Crippen molar-refractivity contribution < 1.29 is 9.84 Å². The number of fused-ring (bicyclic) bond motifs is 1. The molecule has 0 aliphatic carbocycles. The zero-order chi connectivity index (χ0) is 7.68. The first-order valence-electron chi connectivity index (χ1n) is 3.49. The molecule has 0 radical (unpaired) electrons. The van der Waals surface area contributed by atoms with Crippen molar-refractivity contribution in [2.75, 3.05) is 6.61 Å². The van der Waals surface area contributed by atoms with E-state index in [4.69, 9.17) is 4.74 Å². The Morgan fingerprint density at radius 1 is 1.36 bits per heavy atom. The molecule has 2 heteroatoms. The Labute approximate surface area is 64.7 Å². The number of phenols is 1. The quantitative estimate of drug-likeness (QED) is 0.607. The van der Waals surface area contributed by atoms with Crippen LogP contribution in [0.4, 0.5) is 0 Å². The van der Waals surface area contributed by atoms with E-state index in [-0.39, 0.29) is 5.75 Å². The van der Waals surface area contributed by atoms with Gasteiger partial charge in [0, 0.05) is 0 Å². The van der Waals surface area contributed by atoms with Crippen molar-refractivity contribution >= 4 is 6.08 Å². The molecule has 0 amide bonds. The molecule has 56 valence electrons. The van der Waals surface area contributed by atoms with Crippen molar-refractivity contribution in [3.05, 3.63) is 29.8 Å². The highest BCUT2D eigenvalue weighted by Gasteiger charge is 2.07. The third-order valence-electron chi connectivity index (χ3n) is 1.66. The van der Waals surface area contributed by atoms with E-state index in [1.807, 2.05) is 18.2 Å². The van der Waals surface area contributed by atoms with Gasteiger partial charge in [0.15, 0.2) is 0 Å². The molecule has 0 spiro atoms.